The molecule has 1 aromatic heterocycles. The number of aryl methyl sites for hydroxylation is 1. The third-order valence-corrected chi connectivity index (χ3v) is 5.23. The van der Waals surface area contributed by atoms with Crippen molar-refractivity contribution in [2.45, 2.75) is 32.9 Å². The number of fused-ring (bicyclic) bond motifs is 1. The fourth-order valence-corrected chi connectivity index (χ4v) is 3.58. The van der Waals surface area contributed by atoms with Gasteiger partial charge in [-0.2, -0.15) is 0 Å². The Bertz CT molecular complexity index is 1160. The number of nitrogens with zero attached hydrogens (tertiary/aromatic N) is 3. The fourth-order valence-electron chi connectivity index (χ4n) is 3.17. The standard InChI is InChI=1S/C20H19BrFN3O5/c1-2-23(12-13-10-14(21)5-7-16(13)22)19(26)4-3-9-24-17-8-6-15(25(28)29)11-18(17)30-20(24)27/h5-8,10-11H,2-4,9,12H2,1H3. The zero-order valence-electron chi connectivity index (χ0n) is 16.1. The Labute approximate surface area is 179 Å². The zero-order valence-corrected chi connectivity index (χ0v) is 17.7. The number of hydrogen-bond donors (Lipinski definition) is 0. The number of hydrogen-bond acceptors (Lipinski definition) is 5. The molecule has 0 aliphatic rings. The quantitative estimate of drug-likeness (QED) is 0.355. The Morgan fingerprint density at radius 3 is 2.77 bits per heavy atom. The molecule has 1 heterocycles. The van der Waals surface area contributed by atoms with Gasteiger partial charge in [0.1, 0.15) is 5.82 Å². The van der Waals surface area contributed by atoms with Gasteiger partial charge in [-0.25, -0.2) is 9.18 Å². The number of carbonyl (C=O) groups excluding carboxylic acids is 1. The van der Waals surface area contributed by atoms with Gasteiger partial charge in [0.25, 0.3) is 5.69 Å². The molecule has 10 heteroatoms. The minimum absolute atomic E-state index is 0.126. The lowest BCUT2D eigenvalue weighted by Crippen LogP contribution is -2.30. The van der Waals surface area contributed by atoms with Crippen LogP contribution in [0.1, 0.15) is 25.3 Å². The number of rotatable bonds is 8. The predicted molar refractivity (Wildman–Crippen MR) is 112 cm³/mol. The van der Waals surface area contributed by atoms with E-state index in [4.69, 9.17) is 4.42 Å². The number of nitro benzene ring substituents is 1. The van der Waals surface area contributed by atoms with E-state index in [1.807, 2.05) is 6.92 Å². The molecule has 3 aromatic rings. The maximum absolute atomic E-state index is 14.0. The van der Waals surface area contributed by atoms with Gasteiger partial charge in [-0.15, -0.1) is 0 Å². The number of nitro groups is 1. The second-order valence-electron chi connectivity index (χ2n) is 6.68. The van der Waals surface area contributed by atoms with Gasteiger partial charge in [0.05, 0.1) is 16.5 Å². The normalized spacial score (nSPS) is 11.0. The molecule has 0 spiro atoms. The maximum atomic E-state index is 14.0. The molecular formula is C20H19BrFN3O5. The number of amides is 1. The summed E-state index contributed by atoms with van der Waals surface area (Å²) in [4.78, 5) is 36.5. The summed E-state index contributed by atoms with van der Waals surface area (Å²) in [6.45, 7) is 2.61. The molecule has 0 radical (unpaired) electrons. The van der Waals surface area contributed by atoms with E-state index in [1.165, 1.54) is 28.8 Å². The van der Waals surface area contributed by atoms with Crippen LogP contribution in [0, 0.1) is 15.9 Å². The second kappa shape index (κ2) is 9.21. The van der Waals surface area contributed by atoms with Gasteiger partial charge in [0.15, 0.2) is 5.58 Å². The SMILES string of the molecule is CCN(Cc1cc(Br)ccc1F)C(=O)CCCn1c(=O)oc2cc([N+](=O)[O-])ccc21. The molecule has 0 saturated heterocycles. The number of benzene rings is 2. The van der Waals surface area contributed by atoms with Crippen molar-refractivity contribution in [3.05, 3.63) is 72.9 Å². The molecule has 0 unspecified atom stereocenters. The van der Waals surface area contributed by atoms with Gasteiger partial charge in [-0.3, -0.25) is 19.5 Å². The van der Waals surface area contributed by atoms with Crippen molar-refractivity contribution in [2.24, 2.45) is 0 Å². The number of non-ortho nitro benzene ring substituents is 1. The first-order valence-corrected chi connectivity index (χ1v) is 10.1. The number of oxazole rings is 1. The minimum Gasteiger partial charge on any atom is -0.407 e. The molecule has 30 heavy (non-hydrogen) atoms. The highest BCUT2D eigenvalue weighted by Gasteiger charge is 2.17. The van der Waals surface area contributed by atoms with Crippen LogP contribution in [0.25, 0.3) is 11.1 Å². The Balaban J connectivity index is 1.66. The van der Waals surface area contributed by atoms with Crippen molar-refractivity contribution in [1.82, 2.24) is 9.47 Å². The van der Waals surface area contributed by atoms with Crippen LogP contribution in [0.5, 0.6) is 0 Å². The average molecular weight is 480 g/mol. The van der Waals surface area contributed by atoms with Crippen molar-refractivity contribution in [3.8, 4) is 0 Å². The molecule has 1 amide bonds. The van der Waals surface area contributed by atoms with Crippen molar-refractivity contribution in [1.29, 1.82) is 0 Å². The molecule has 0 saturated carbocycles. The van der Waals surface area contributed by atoms with E-state index in [0.29, 0.717) is 24.0 Å². The van der Waals surface area contributed by atoms with Gasteiger partial charge >= 0.3 is 5.76 Å². The molecule has 0 aliphatic heterocycles. The maximum Gasteiger partial charge on any atom is 0.419 e. The van der Waals surface area contributed by atoms with Crippen LogP contribution in [0.3, 0.4) is 0 Å². The summed E-state index contributed by atoms with van der Waals surface area (Å²) < 4.78 is 21.1. The van der Waals surface area contributed by atoms with Crippen LogP contribution in [0.4, 0.5) is 10.1 Å². The lowest BCUT2D eigenvalue weighted by molar-refractivity contribution is -0.384. The number of aromatic nitrogens is 1. The van der Waals surface area contributed by atoms with E-state index < -0.39 is 10.7 Å². The van der Waals surface area contributed by atoms with Crippen LogP contribution in [-0.4, -0.2) is 26.8 Å². The third kappa shape index (κ3) is 4.76. The molecular weight excluding hydrogens is 461 g/mol. The molecule has 3 rings (SSSR count). The van der Waals surface area contributed by atoms with Crippen molar-refractivity contribution < 1.29 is 18.5 Å². The van der Waals surface area contributed by atoms with Crippen LogP contribution in [0.15, 0.2) is 50.1 Å². The monoisotopic (exact) mass is 479 g/mol. The Morgan fingerprint density at radius 2 is 2.07 bits per heavy atom. The first-order chi connectivity index (χ1) is 14.3. The molecule has 2 aromatic carbocycles. The van der Waals surface area contributed by atoms with E-state index >= 15 is 0 Å². The molecule has 158 valence electrons. The van der Waals surface area contributed by atoms with Gasteiger partial charge < -0.3 is 9.32 Å². The van der Waals surface area contributed by atoms with Gasteiger partial charge in [0.2, 0.25) is 5.91 Å². The van der Waals surface area contributed by atoms with E-state index in [0.717, 1.165) is 4.47 Å². The molecule has 0 N–H and O–H groups in total. The topological polar surface area (TPSA) is 98.6 Å². The summed E-state index contributed by atoms with van der Waals surface area (Å²) in [5.74, 6) is -1.18. The Kier molecular flexibility index (Phi) is 6.66. The van der Waals surface area contributed by atoms with Crippen molar-refractivity contribution in [2.75, 3.05) is 6.54 Å². The van der Waals surface area contributed by atoms with Gasteiger partial charge in [-0.1, -0.05) is 15.9 Å². The first kappa shape index (κ1) is 21.7. The zero-order chi connectivity index (χ0) is 21.8. The summed E-state index contributed by atoms with van der Waals surface area (Å²) in [6, 6.07) is 8.53. The number of halogens is 2. The van der Waals surface area contributed by atoms with Crippen LogP contribution < -0.4 is 5.76 Å². The molecule has 0 atom stereocenters. The molecule has 0 fully saturated rings. The van der Waals surface area contributed by atoms with Crippen LogP contribution in [0.2, 0.25) is 0 Å². The van der Waals surface area contributed by atoms with Crippen molar-refractivity contribution >= 4 is 38.6 Å². The number of carbonyl (C=O) groups is 1. The predicted octanol–water partition coefficient (Wildman–Crippen LogP) is 4.23. The highest BCUT2D eigenvalue weighted by Crippen LogP contribution is 2.21. The highest BCUT2D eigenvalue weighted by atomic mass is 79.9. The summed E-state index contributed by atoms with van der Waals surface area (Å²) >= 11 is 3.30. The van der Waals surface area contributed by atoms with E-state index in [-0.39, 0.29) is 42.5 Å². The molecule has 0 aliphatic carbocycles. The van der Waals surface area contributed by atoms with Gasteiger partial charge in [-0.05, 0) is 37.6 Å². The Hall–Kier alpha value is -3.01. The van der Waals surface area contributed by atoms with Crippen molar-refractivity contribution in [3.63, 3.8) is 0 Å². The summed E-state index contributed by atoms with van der Waals surface area (Å²) in [7, 11) is 0. The van der Waals surface area contributed by atoms with Crippen LogP contribution in [-0.2, 0) is 17.9 Å². The summed E-state index contributed by atoms with van der Waals surface area (Å²) in [6.07, 6.45) is 0.525. The highest BCUT2D eigenvalue weighted by molar-refractivity contribution is 9.10. The average Bonchev–Trinajstić information content (AvgIpc) is 3.02. The third-order valence-electron chi connectivity index (χ3n) is 4.74. The van der Waals surface area contributed by atoms with E-state index in [1.54, 1.807) is 17.0 Å². The first-order valence-electron chi connectivity index (χ1n) is 9.29. The van der Waals surface area contributed by atoms with E-state index in [9.17, 15) is 24.1 Å². The molecule has 0 bridgehead atoms. The van der Waals surface area contributed by atoms with E-state index in [2.05, 4.69) is 15.9 Å². The lowest BCUT2D eigenvalue weighted by atomic mass is 10.2. The van der Waals surface area contributed by atoms with Crippen LogP contribution >= 0.6 is 15.9 Å². The summed E-state index contributed by atoms with van der Waals surface area (Å²) in [5, 5.41) is 10.9. The minimum atomic E-state index is -0.637. The molecule has 8 nitrogen and oxygen atoms in total. The smallest absolute Gasteiger partial charge is 0.407 e. The largest absolute Gasteiger partial charge is 0.419 e. The fraction of sp³-hybridized carbons (Fsp3) is 0.300. The Morgan fingerprint density at radius 1 is 1.30 bits per heavy atom. The van der Waals surface area contributed by atoms with Gasteiger partial charge in [0, 0.05) is 42.2 Å². The second-order valence-corrected chi connectivity index (χ2v) is 7.59. The lowest BCUT2D eigenvalue weighted by Gasteiger charge is -2.21. The summed E-state index contributed by atoms with van der Waals surface area (Å²) in [5.41, 5.74) is 0.803.